The molecule has 9 nitrogen and oxygen atoms in total. The van der Waals surface area contributed by atoms with Crippen LogP contribution in [0.1, 0.15) is 10.4 Å². The number of hydrogen-bond donors (Lipinski definition) is 1. The number of carbonyl (C=O) groups is 1. The first-order chi connectivity index (χ1) is 21.0. The smallest absolute Gasteiger partial charge is 0.255 e. The quantitative estimate of drug-likeness (QED) is 0.214. The minimum Gasteiger partial charge on any atom is -0.496 e. The van der Waals surface area contributed by atoms with Crippen molar-refractivity contribution in [3.05, 3.63) is 90.1 Å². The lowest BCUT2D eigenvalue weighted by Gasteiger charge is -2.21. The van der Waals surface area contributed by atoms with Gasteiger partial charge in [0.25, 0.3) is 5.91 Å². The number of hydrogen-bond acceptors (Lipinski definition) is 7. The number of nitrogens with zero attached hydrogens (tertiary/aromatic N) is 2. The number of carbonyl (C=O) groups excluding carboxylic acids is 1. The first-order valence-electron chi connectivity index (χ1n) is 13.2. The van der Waals surface area contributed by atoms with E-state index in [9.17, 15) is 22.0 Å². The first kappa shape index (κ1) is 28.9. The second kappa shape index (κ2) is 10.8. The van der Waals surface area contributed by atoms with Crippen molar-refractivity contribution in [1.29, 1.82) is 0 Å². The van der Waals surface area contributed by atoms with E-state index in [1.807, 2.05) is 0 Å². The first-order valence-corrected chi connectivity index (χ1v) is 15.1. The molecule has 12 heteroatoms. The Morgan fingerprint density at radius 2 is 1.64 bits per heavy atom. The summed E-state index contributed by atoms with van der Waals surface area (Å²) < 4.78 is 71.8. The summed E-state index contributed by atoms with van der Waals surface area (Å²) in [6.07, 6.45) is 2.16. The number of benzene rings is 3. The Labute approximate surface area is 250 Å². The molecule has 0 fully saturated rings. The van der Waals surface area contributed by atoms with Crippen molar-refractivity contribution in [2.75, 3.05) is 31.8 Å². The molecule has 224 valence electrons. The number of nitrogens with one attached hydrogen (secondary N) is 1. The normalized spacial score (nSPS) is 11.7. The van der Waals surface area contributed by atoms with Crippen molar-refractivity contribution in [2.45, 2.75) is 0 Å². The van der Waals surface area contributed by atoms with E-state index in [0.717, 1.165) is 16.8 Å². The summed E-state index contributed by atoms with van der Waals surface area (Å²) in [5.41, 5.74) is 3.37. The fourth-order valence-electron chi connectivity index (χ4n) is 5.05. The topological polar surface area (TPSA) is 115 Å². The van der Waals surface area contributed by atoms with Crippen LogP contribution in [-0.4, -0.2) is 46.8 Å². The van der Waals surface area contributed by atoms with Crippen LogP contribution in [0.2, 0.25) is 0 Å². The third-order valence-corrected chi connectivity index (χ3v) is 8.51. The summed E-state index contributed by atoms with van der Waals surface area (Å²) in [6, 6.07) is 16.8. The SMILES string of the molecule is CNC(=O)c1c(-c2ccc(F)cc2)oc2cc(N(C)S(C)(=O)=O)c(-c3ccc(OC)c(-c4cc5ncc(F)cc5o4)c3)cc12. The van der Waals surface area contributed by atoms with Crippen LogP contribution in [0.25, 0.3) is 55.8 Å². The van der Waals surface area contributed by atoms with E-state index in [1.54, 1.807) is 36.4 Å². The highest BCUT2D eigenvalue weighted by Gasteiger charge is 2.26. The lowest BCUT2D eigenvalue weighted by Crippen LogP contribution is -2.25. The number of aromatic nitrogens is 1. The number of pyridine rings is 1. The zero-order chi connectivity index (χ0) is 31.3. The number of amides is 1. The van der Waals surface area contributed by atoms with Crippen LogP contribution >= 0.6 is 0 Å². The zero-order valence-electron chi connectivity index (χ0n) is 23.9. The summed E-state index contributed by atoms with van der Waals surface area (Å²) in [6.45, 7) is 0. The maximum Gasteiger partial charge on any atom is 0.255 e. The third-order valence-electron chi connectivity index (χ3n) is 7.32. The van der Waals surface area contributed by atoms with E-state index >= 15 is 0 Å². The van der Waals surface area contributed by atoms with E-state index in [2.05, 4.69) is 10.3 Å². The van der Waals surface area contributed by atoms with E-state index in [1.165, 1.54) is 51.5 Å². The minimum atomic E-state index is -3.75. The number of anilines is 1. The Kier molecular flexibility index (Phi) is 7.08. The van der Waals surface area contributed by atoms with E-state index in [-0.39, 0.29) is 28.2 Å². The number of fused-ring (bicyclic) bond motifs is 2. The predicted octanol–water partition coefficient (Wildman–Crippen LogP) is 6.62. The fraction of sp³-hybridized carbons (Fsp3) is 0.125. The van der Waals surface area contributed by atoms with Gasteiger partial charge in [-0.2, -0.15) is 0 Å². The summed E-state index contributed by atoms with van der Waals surface area (Å²) in [5, 5.41) is 3.03. The molecular formula is C32H25F2N3O6S. The molecule has 0 bridgehead atoms. The highest BCUT2D eigenvalue weighted by Crippen LogP contribution is 2.44. The molecule has 0 aliphatic carbocycles. The molecule has 1 amide bonds. The average Bonchev–Trinajstić information content (AvgIpc) is 3.60. The van der Waals surface area contributed by atoms with Crippen molar-refractivity contribution < 1.29 is 35.6 Å². The molecule has 0 atom stereocenters. The molecule has 3 aromatic heterocycles. The van der Waals surface area contributed by atoms with Crippen molar-refractivity contribution >= 4 is 43.7 Å². The van der Waals surface area contributed by atoms with Gasteiger partial charge in [-0.25, -0.2) is 22.2 Å². The molecule has 0 saturated carbocycles. The second-order valence-corrected chi connectivity index (χ2v) is 12.1. The van der Waals surface area contributed by atoms with Gasteiger partial charge in [0, 0.05) is 48.8 Å². The third kappa shape index (κ3) is 5.02. The zero-order valence-corrected chi connectivity index (χ0v) is 24.8. The summed E-state index contributed by atoms with van der Waals surface area (Å²) in [7, 11) is 0.632. The van der Waals surface area contributed by atoms with E-state index in [4.69, 9.17) is 13.6 Å². The lowest BCUT2D eigenvalue weighted by molar-refractivity contribution is 0.0964. The molecule has 6 aromatic rings. The summed E-state index contributed by atoms with van der Waals surface area (Å²) in [5.74, 6) is -0.457. The lowest BCUT2D eigenvalue weighted by atomic mass is 9.96. The Morgan fingerprint density at radius 3 is 2.32 bits per heavy atom. The van der Waals surface area contributed by atoms with Crippen LogP contribution in [0.3, 0.4) is 0 Å². The largest absolute Gasteiger partial charge is 0.496 e. The van der Waals surface area contributed by atoms with Gasteiger partial charge in [-0.15, -0.1) is 0 Å². The maximum absolute atomic E-state index is 13.8. The molecule has 0 spiro atoms. The highest BCUT2D eigenvalue weighted by molar-refractivity contribution is 7.92. The van der Waals surface area contributed by atoms with Gasteiger partial charge in [-0.3, -0.25) is 9.10 Å². The number of ether oxygens (including phenoxy) is 1. The Hall–Kier alpha value is -5.23. The van der Waals surface area contributed by atoms with Crippen molar-refractivity contribution in [2.24, 2.45) is 0 Å². The molecule has 1 N–H and O–H groups in total. The molecule has 3 heterocycles. The van der Waals surface area contributed by atoms with Gasteiger partial charge in [0.2, 0.25) is 10.0 Å². The molecular weight excluding hydrogens is 592 g/mol. The summed E-state index contributed by atoms with van der Waals surface area (Å²) in [4.78, 5) is 17.3. The minimum absolute atomic E-state index is 0.196. The number of sulfonamides is 1. The number of halogens is 2. The monoisotopic (exact) mass is 617 g/mol. The molecule has 0 saturated heterocycles. The molecule has 0 radical (unpaired) electrons. The molecule has 0 unspecified atom stereocenters. The highest BCUT2D eigenvalue weighted by atomic mass is 32.2. The van der Waals surface area contributed by atoms with Crippen LogP contribution < -0.4 is 14.4 Å². The Balaban J connectivity index is 1.63. The van der Waals surface area contributed by atoms with Crippen LogP contribution in [-0.2, 0) is 10.0 Å². The van der Waals surface area contributed by atoms with E-state index in [0.29, 0.717) is 44.7 Å². The maximum atomic E-state index is 13.8. The number of methoxy groups -OCH3 is 1. The number of furan rings is 2. The van der Waals surface area contributed by atoms with Crippen LogP contribution in [0.5, 0.6) is 5.75 Å². The van der Waals surface area contributed by atoms with Gasteiger partial charge in [0.1, 0.15) is 40.0 Å². The molecule has 3 aromatic carbocycles. The van der Waals surface area contributed by atoms with Gasteiger partial charge in [0.05, 0.1) is 36.4 Å². The van der Waals surface area contributed by atoms with Gasteiger partial charge in [-0.1, -0.05) is 6.07 Å². The van der Waals surface area contributed by atoms with Crippen molar-refractivity contribution in [3.63, 3.8) is 0 Å². The average molecular weight is 618 g/mol. The Morgan fingerprint density at radius 1 is 0.909 bits per heavy atom. The predicted molar refractivity (Wildman–Crippen MR) is 163 cm³/mol. The van der Waals surface area contributed by atoms with E-state index < -0.39 is 27.6 Å². The molecule has 0 aliphatic rings. The number of rotatable bonds is 7. The second-order valence-electron chi connectivity index (χ2n) is 10.1. The summed E-state index contributed by atoms with van der Waals surface area (Å²) >= 11 is 0. The van der Waals surface area contributed by atoms with Crippen LogP contribution in [0, 0.1) is 11.6 Å². The molecule has 0 aliphatic heterocycles. The van der Waals surface area contributed by atoms with Gasteiger partial charge >= 0.3 is 0 Å². The fourth-order valence-corrected chi connectivity index (χ4v) is 5.56. The van der Waals surface area contributed by atoms with Gasteiger partial charge in [0.15, 0.2) is 5.58 Å². The molecule has 44 heavy (non-hydrogen) atoms. The van der Waals surface area contributed by atoms with Gasteiger partial charge < -0.3 is 18.9 Å². The van der Waals surface area contributed by atoms with Crippen LogP contribution in [0.4, 0.5) is 14.5 Å². The van der Waals surface area contributed by atoms with Crippen LogP contribution in [0.15, 0.2) is 81.8 Å². The van der Waals surface area contributed by atoms with Gasteiger partial charge in [-0.05, 0) is 48.0 Å². The Bertz CT molecular complexity index is 2190. The molecule has 6 rings (SSSR count). The standard InChI is InChI=1S/C32H25F2N3O6S/c1-35-32(38)30-23-13-21(18-7-10-26(41-3)22(11-18)27-14-24-29(42-27)12-20(34)16-36-24)25(37(2)44(4,39)40)15-28(23)43-31(30)17-5-8-19(33)9-6-17/h5-16H,1-4H3,(H,35,38). The van der Waals surface area contributed by atoms with Crippen molar-refractivity contribution in [3.8, 4) is 39.5 Å². The van der Waals surface area contributed by atoms with Crippen molar-refractivity contribution in [1.82, 2.24) is 10.3 Å².